The maximum absolute atomic E-state index is 12.7. The summed E-state index contributed by atoms with van der Waals surface area (Å²) in [5.74, 6) is -3.36. The SMILES string of the molecule is CC(=O)N(CN)CC(=O)N(CC(=O)N(CN)CC(=O)N(CN)CC(=O)O)CC(C)C. The number of carboxylic acids is 1. The molecule has 0 spiro atoms. The molecule has 0 aliphatic heterocycles. The quantitative estimate of drug-likeness (QED) is 0.217. The Labute approximate surface area is 175 Å². The number of amides is 4. The number of carboxylic acid groups (broad SMARTS) is 1. The molecule has 4 amide bonds. The number of carbonyl (C=O) groups is 5. The van der Waals surface area contributed by atoms with Gasteiger partial charge in [-0.2, -0.15) is 0 Å². The minimum atomic E-state index is -1.25. The van der Waals surface area contributed by atoms with Crippen LogP contribution in [0.5, 0.6) is 0 Å². The lowest BCUT2D eigenvalue weighted by Crippen LogP contribution is -2.52. The van der Waals surface area contributed by atoms with E-state index in [4.69, 9.17) is 22.3 Å². The number of carbonyl (C=O) groups excluding carboxylic acids is 4. The highest BCUT2D eigenvalue weighted by Gasteiger charge is 2.26. The molecule has 0 aromatic heterocycles. The van der Waals surface area contributed by atoms with Crippen LogP contribution in [0.25, 0.3) is 0 Å². The summed E-state index contributed by atoms with van der Waals surface area (Å²) in [7, 11) is 0. The maximum atomic E-state index is 12.7. The van der Waals surface area contributed by atoms with Crippen LogP contribution < -0.4 is 17.2 Å². The van der Waals surface area contributed by atoms with Crippen molar-refractivity contribution >= 4 is 29.6 Å². The number of nitrogens with two attached hydrogens (primary N) is 3. The van der Waals surface area contributed by atoms with Crippen molar-refractivity contribution in [2.24, 2.45) is 23.1 Å². The zero-order valence-corrected chi connectivity index (χ0v) is 17.7. The first kappa shape index (κ1) is 27.2. The Balaban J connectivity index is 5.25. The molecule has 0 radical (unpaired) electrons. The average molecular weight is 431 g/mol. The Morgan fingerprint density at radius 2 is 1.07 bits per heavy atom. The van der Waals surface area contributed by atoms with Crippen LogP contribution in [0.1, 0.15) is 20.8 Å². The number of hydrogen-bond acceptors (Lipinski definition) is 8. The molecule has 13 heteroatoms. The number of aliphatic carboxylic acids is 1. The van der Waals surface area contributed by atoms with E-state index < -0.39 is 36.8 Å². The number of hydrogen-bond donors (Lipinski definition) is 4. The fraction of sp³-hybridized carbons (Fsp3) is 0.706. The summed E-state index contributed by atoms with van der Waals surface area (Å²) in [6.07, 6.45) is 0. The van der Waals surface area contributed by atoms with Gasteiger partial charge in [0.2, 0.25) is 23.6 Å². The second kappa shape index (κ2) is 13.5. The third-order valence-corrected chi connectivity index (χ3v) is 4.05. The lowest BCUT2D eigenvalue weighted by Gasteiger charge is -2.30. The smallest absolute Gasteiger partial charge is 0.323 e. The van der Waals surface area contributed by atoms with E-state index in [-0.39, 0.29) is 51.5 Å². The zero-order chi connectivity index (χ0) is 23.4. The van der Waals surface area contributed by atoms with E-state index in [2.05, 4.69) is 0 Å². The van der Waals surface area contributed by atoms with Crippen molar-refractivity contribution in [3.05, 3.63) is 0 Å². The minimum absolute atomic E-state index is 0.0293. The van der Waals surface area contributed by atoms with Gasteiger partial charge in [0.1, 0.15) is 19.6 Å². The monoisotopic (exact) mass is 431 g/mol. The molecule has 0 saturated heterocycles. The van der Waals surface area contributed by atoms with E-state index in [9.17, 15) is 24.0 Å². The molecule has 30 heavy (non-hydrogen) atoms. The van der Waals surface area contributed by atoms with Gasteiger partial charge in [-0.3, -0.25) is 24.0 Å². The van der Waals surface area contributed by atoms with Gasteiger partial charge in [-0.25, -0.2) is 0 Å². The van der Waals surface area contributed by atoms with E-state index in [1.165, 1.54) is 11.8 Å². The molecule has 0 heterocycles. The van der Waals surface area contributed by atoms with Gasteiger partial charge in [0.15, 0.2) is 0 Å². The van der Waals surface area contributed by atoms with Crippen molar-refractivity contribution in [3.8, 4) is 0 Å². The van der Waals surface area contributed by atoms with E-state index in [0.717, 1.165) is 14.7 Å². The number of rotatable bonds is 13. The third-order valence-electron chi connectivity index (χ3n) is 4.05. The molecule has 13 nitrogen and oxygen atoms in total. The molecular formula is C17H33N7O6. The fourth-order valence-electron chi connectivity index (χ4n) is 2.46. The molecule has 0 aromatic rings. The van der Waals surface area contributed by atoms with E-state index in [1.54, 1.807) is 0 Å². The molecule has 0 bridgehead atoms. The normalized spacial score (nSPS) is 10.5. The van der Waals surface area contributed by atoms with E-state index in [0.29, 0.717) is 0 Å². The summed E-state index contributed by atoms with van der Waals surface area (Å²) in [6.45, 7) is 2.68. The molecule has 0 unspecified atom stereocenters. The van der Waals surface area contributed by atoms with Crippen molar-refractivity contribution in [1.29, 1.82) is 0 Å². The number of nitrogens with zero attached hydrogens (tertiary/aromatic N) is 4. The van der Waals surface area contributed by atoms with Crippen molar-refractivity contribution in [3.63, 3.8) is 0 Å². The molecule has 172 valence electrons. The van der Waals surface area contributed by atoms with E-state index >= 15 is 0 Å². The first-order valence-corrected chi connectivity index (χ1v) is 9.37. The lowest BCUT2D eigenvalue weighted by molar-refractivity contribution is -0.148. The van der Waals surface area contributed by atoms with Crippen LogP contribution in [-0.4, -0.2) is 107 Å². The van der Waals surface area contributed by atoms with E-state index in [1.807, 2.05) is 13.8 Å². The standard InChI is InChI=1S/C17H33N7O6/c1-12(2)4-21(14(26)6-22(9-18)13(3)25)5-15(27)23(10-19)7-16(28)24(11-20)8-17(29)30/h12H,4-11,18-20H2,1-3H3,(H,29,30). The highest BCUT2D eigenvalue weighted by Crippen LogP contribution is 2.04. The largest absolute Gasteiger partial charge is 0.480 e. The molecule has 0 aliphatic carbocycles. The van der Waals surface area contributed by atoms with Crippen LogP contribution in [0, 0.1) is 5.92 Å². The molecule has 0 aliphatic rings. The predicted molar refractivity (Wildman–Crippen MR) is 107 cm³/mol. The van der Waals surface area contributed by atoms with Gasteiger partial charge >= 0.3 is 5.97 Å². The molecule has 0 aromatic carbocycles. The van der Waals surface area contributed by atoms with Gasteiger partial charge in [-0.1, -0.05) is 13.8 Å². The summed E-state index contributed by atoms with van der Waals surface area (Å²) in [5, 5.41) is 8.82. The Kier molecular flexibility index (Phi) is 12.2. The van der Waals surface area contributed by atoms with Gasteiger partial charge in [-0.05, 0) is 5.92 Å². The summed E-state index contributed by atoms with van der Waals surface area (Å²) < 4.78 is 0. The van der Waals surface area contributed by atoms with Crippen molar-refractivity contribution in [2.75, 3.05) is 52.7 Å². The maximum Gasteiger partial charge on any atom is 0.323 e. The lowest BCUT2D eigenvalue weighted by atomic mass is 10.2. The van der Waals surface area contributed by atoms with Gasteiger partial charge in [0.05, 0.1) is 26.6 Å². The Morgan fingerprint density at radius 1 is 0.700 bits per heavy atom. The van der Waals surface area contributed by atoms with Gasteiger partial charge in [-0.15, -0.1) is 0 Å². The van der Waals surface area contributed by atoms with Crippen LogP contribution in [-0.2, 0) is 24.0 Å². The van der Waals surface area contributed by atoms with Crippen LogP contribution >= 0.6 is 0 Å². The topological polar surface area (TPSA) is 197 Å². The predicted octanol–water partition coefficient (Wildman–Crippen LogP) is -3.19. The van der Waals surface area contributed by atoms with Gasteiger partial charge in [0.25, 0.3) is 0 Å². The van der Waals surface area contributed by atoms with Gasteiger partial charge in [0, 0.05) is 13.5 Å². The summed E-state index contributed by atoms with van der Waals surface area (Å²) >= 11 is 0. The van der Waals surface area contributed by atoms with Gasteiger partial charge < -0.3 is 41.9 Å². The molecule has 0 atom stereocenters. The minimum Gasteiger partial charge on any atom is -0.480 e. The Hall–Kier alpha value is -2.77. The Bertz CT molecular complexity index is 628. The molecular weight excluding hydrogens is 398 g/mol. The van der Waals surface area contributed by atoms with Crippen LogP contribution in [0.3, 0.4) is 0 Å². The molecule has 7 N–H and O–H groups in total. The summed E-state index contributed by atoms with van der Waals surface area (Å²) in [4.78, 5) is 64.1. The molecule has 0 rings (SSSR count). The Morgan fingerprint density at radius 3 is 1.43 bits per heavy atom. The van der Waals surface area contributed by atoms with Crippen LogP contribution in [0.15, 0.2) is 0 Å². The first-order valence-electron chi connectivity index (χ1n) is 9.37. The molecule has 0 fully saturated rings. The van der Waals surface area contributed by atoms with Crippen molar-refractivity contribution in [1.82, 2.24) is 19.6 Å². The highest BCUT2D eigenvalue weighted by atomic mass is 16.4. The second-order valence-corrected chi connectivity index (χ2v) is 7.01. The zero-order valence-electron chi connectivity index (χ0n) is 17.7. The third kappa shape index (κ3) is 9.62. The summed E-state index contributed by atoms with van der Waals surface area (Å²) in [5.41, 5.74) is 16.4. The first-order chi connectivity index (χ1) is 14.0. The molecule has 0 saturated carbocycles. The van der Waals surface area contributed by atoms with Crippen molar-refractivity contribution in [2.45, 2.75) is 20.8 Å². The van der Waals surface area contributed by atoms with Crippen LogP contribution in [0.4, 0.5) is 0 Å². The average Bonchev–Trinajstić information content (AvgIpc) is 2.66. The highest BCUT2D eigenvalue weighted by molar-refractivity contribution is 5.90. The summed E-state index contributed by atoms with van der Waals surface area (Å²) in [6, 6.07) is 0. The fourth-order valence-corrected chi connectivity index (χ4v) is 2.46. The van der Waals surface area contributed by atoms with Crippen molar-refractivity contribution < 1.29 is 29.1 Å². The van der Waals surface area contributed by atoms with Crippen LogP contribution in [0.2, 0.25) is 0 Å². The second-order valence-electron chi connectivity index (χ2n) is 7.01.